The van der Waals surface area contributed by atoms with Gasteiger partial charge in [-0.1, -0.05) is 36.0 Å². The Labute approximate surface area is 173 Å². The summed E-state index contributed by atoms with van der Waals surface area (Å²) >= 11 is 1.25. The number of thioether (sulfide) groups is 1. The molecule has 9 heteroatoms. The van der Waals surface area contributed by atoms with Gasteiger partial charge in [-0.05, 0) is 35.4 Å². The first-order valence-electron chi connectivity index (χ1n) is 8.93. The highest BCUT2D eigenvalue weighted by Gasteiger charge is 2.13. The van der Waals surface area contributed by atoms with E-state index >= 15 is 0 Å². The highest BCUT2D eigenvalue weighted by Crippen LogP contribution is 2.18. The molecule has 1 amide bonds. The van der Waals surface area contributed by atoms with E-state index < -0.39 is 0 Å². The molecule has 0 saturated carbocycles. The Kier molecular flexibility index (Phi) is 6.96. The zero-order valence-corrected chi connectivity index (χ0v) is 17.1. The normalized spacial score (nSPS) is 10.6. The van der Waals surface area contributed by atoms with Crippen LogP contribution in [0.4, 0.5) is 0 Å². The highest BCUT2D eigenvalue weighted by molar-refractivity contribution is 7.99. The van der Waals surface area contributed by atoms with Crippen molar-refractivity contribution in [3.63, 3.8) is 0 Å². The van der Waals surface area contributed by atoms with Gasteiger partial charge in [0, 0.05) is 13.0 Å². The van der Waals surface area contributed by atoms with Crippen molar-refractivity contribution in [2.24, 2.45) is 0 Å². The maximum absolute atomic E-state index is 12.1. The van der Waals surface area contributed by atoms with E-state index in [1.807, 2.05) is 48.5 Å². The number of nitrogens with zero attached hydrogens (tertiary/aromatic N) is 3. The summed E-state index contributed by atoms with van der Waals surface area (Å²) in [5.74, 6) is 8.38. The van der Waals surface area contributed by atoms with Gasteiger partial charge < -0.3 is 20.6 Å². The molecule has 0 saturated heterocycles. The Hall–Kier alpha value is -3.20. The number of carbonyl (C=O) groups excluding carboxylic acids is 1. The third-order valence-electron chi connectivity index (χ3n) is 4.24. The predicted octanol–water partition coefficient (Wildman–Crippen LogP) is 2.01. The van der Waals surface area contributed by atoms with E-state index in [1.165, 1.54) is 16.4 Å². The second-order valence-electron chi connectivity index (χ2n) is 6.21. The number of rotatable bonds is 9. The van der Waals surface area contributed by atoms with Crippen LogP contribution in [0.2, 0.25) is 0 Å². The lowest BCUT2D eigenvalue weighted by atomic mass is 10.1. The van der Waals surface area contributed by atoms with E-state index in [4.69, 9.17) is 15.3 Å². The monoisotopic (exact) mass is 413 g/mol. The Bertz CT molecular complexity index is 942. The summed E-state index contributed by atoms with van der Waals surface area (Å²) in [5, 5.41) is 11.6. The van der Waals surface area contributed by atoms with Gasteiger partial charge in [0.25, 0.3) is 0 Å². The molecule has 0 unspecified atom stereocenters. The van der Waals surface area contributed by atoms with E-state index in [0.29, 0.717) is 23.9 Å². The van der Waals surface area contributed by atoms with Crippen LogP contribution in [0.1, 0.15) is 17.0 Å². The van der Waals surface area contributed by atoms with Crippen LogP contribution in [0.5, 0.6) is 11.5 Å². The van der Waals surface area contributed by atoms with Crippen molar-refractivity contribution in [2.45, 2.75) is 18.1 Å². The van der Waals surface area contributed by atoms with Crippen molar-refractivity contribution < 1.29 is 14.3 Å². The molecule has 3 N–H and O–H groups in total. The van der Waals surface area contributed by atoms with Crippen molar-refractivity contribution in [3.05, 3.63) is 65.5 Å². The van der Waals surface area contributed by atoms with Gasteiger partial charge in [-0.2, -0.15) is 0 Å². The lowest BCUT2D eigenvalue weighted by molar-refractivity contribution is -0.118. The zero-order chi connectivity index (χ0) is 20.6. The molecule has 1 aromatic heterocycles. The molecule has 29 heavy (non-hydrogen) atoms. The van der Waals surface area contributed by atoms with Crippen LogP contribution in [0.15, 0.2) is 53.7 Å². The minimum Gasteiger partial charge on any atom is -0.497 e. The molecule has 0 aliphatic heterocycles. The summed E-state index contributed by atoms with van der Waals surface area (Å²) in [6.45, 7) is 0.446. The zero-order valence-electron chi connectivity index (χ0n) is 16.3. The van der Waals surface area contributed by atoms with Crippen LogP contribution < -0.4 is 20.6 Å². The Morgan fingerprint density at radius 2 is 1.59 bits per heavy atom. The van der Waals surface area contributed by atoms with Gasteiger partial charge in [0.05, 0.1) is 20.0 Å². The Morgan fingerprint density at radius 1 is 1.00 bits per heavy atom. The molecule has 0 fully saturated rings. The summed E-state index contributed by atoms with van der Waals surface area (Å²) in [7, 11) is 3.24. The fraction of sp³-hybridized carbons (Fsp3) is 0.250. The molecule has 0 bridgehead atoms. The molecule has 0 radical (unpaired) electrons. The SMILES string of the molecule is COc1ccc(CNC(=O)CSc2nnc(Cc3ccc(OC)cc3)n2N)cc1. The van der Waals surface area contributed by atoms with Gasteiger partial charge in [0.2, 0.25) is 11.1 Å². The van der Waals surface area contributed by atoms with Gasteiger partial charge in [-0.3, -0.25) is 4.79 Å². The molecular formula is C20H23N5O3S. The number of hydrogen-bond acceptors (Lipinski definition) is 7. The number of aromatic nitrogens is 3. The summed E-state index contributed by atoms with van der Waals surface area (Å²) in [6.07, 6.45) is 0.539. The number of carbonyl (C=O) groups is 1. The minimum absolute atomic E-state index is 0.106. The predicted molar refractivity (Wildman–Crippen MR) is 112 cm³/mol. The number of benzene rings is 2. The largest absolute Gasteiger partial charge is 0.497 e. The molecule has 152 valence electrons. The molecule has 3 rings (SSSR count). The molecule has 0 atom stereocenters. The number of hydrogen-bond donors (Lipinski definition) is 2. The van der Waals surface area contributed by atoms with Crippen LogP contribution in [0.3, 0.4) is 0 Å². The minimum atomic E-state index is -0.106. The first-order chi connectivity index (χ1) is 14.1. The van der Waals surface area contributed by atoms with E-state index in [9.17, 15) is 4.79 Å². The summed E-state index contributed by atoms with van der Waals surface area (Å²) in [5.41, 5.74) is 2.03. The molecule has 2 aromatic carbocycles. The molecular weight excluding hydrogens is 390 g/mol. The fourth-order valence-corrected chi connectivity index (χ4v) is 3.28. The molecule has 0 spiro atoms. The Morgan fingerprint density at radius 3 is 2.17 bits per heavy atom. The molecule has 8 nitrogen and oxygen atoms in total. The second kappa shape index (κ2) is 9.83. The van der Waals surface area contributed by atoms with Gasteiger partial charge >= 0.3 is 0 Å². The average molecular weight is 414 g/mol. The van der Waals surface area contributed by atoms with Crippen LogP contribution >= 0.6 is 11.8 Å². The third kappa shape index (κ3) is 5.64. The molecule has 0 aliphatic carbocycles. The van der Waals surface area contributed by atoms with Crippen molar-refractivity contribution in [2.75, 3.05) is 25.8 Å². The quantitative estimate of drug-likeness (QED) is 0.408. The van der Waals surface area contributed by atoms with Crippen LogP contribution in [0.25, 0.3) is 0 Å². The smallest absolute Gasteiger partial charge is 0.230 e. The maximum atomic E-state index is 12.1. The van der Waals surface area contributed by atoms with Crippen LogP contribution in [-0.4, -0.2) is 40.8 Å². The van der Waals surface area contributed by atoms with E-state index in [1.54, 1.807) is 14.2 Å². The van der Waals surface area contributed by atoms with Crippen LogP contribution in [0, 0.1) is 0 Å². The van der Waals surface area contributed by atoms with E-state index in [0.717, 1.165) is 22.6 Å². The lowest BCUT2D eigenvalue weighted by Gasteiger charge is -2.07. The summed E-state index contributed by atoms with van der Waals surface area (Å²) < 4.78 is 11.7. The van der Waals surface area contributed by atoms with Gasteiger partial charge in [-0.25, -0.2) is 4.68 Å². The van der Waals surface area contributed by atoms with Gasteiger partial charge in [-0.15, -0.1) is 10.2 Å². The summed E-state index contributed by atoms with van der Waals surface area (Å²) in [6, 6.07) is 15.2. The maximum Gasteiger partial charge on any atom is 0.230 e. The van der Waals surface area contributed by atoms with Gasteiger partial charge in [0.15, 0.2) is 5.82 Å². The Balaban J connectivity index is 1.49. The van der Waals surface area contributed by atoms with Crippen LogP contribution in [-0.2, 0) is 17.8 Å². The fourth-order valence-electron chi connectivity index (χ4n) is 2.58. The van der Waals surface area contributed by atoms with Crippen molar-refractivity contribution in [1.82, 2.24) is 20.2 Å². The van der Waals surface area contributed by atoms with Gasteiger partial charge in [0.1, 0.15) is 11.5 Å². The standard InChI is InChI=1S/C20H23N5O3S/c1-27-16-7-3-14(4-8-16)11-18-23-24-20(25(18)21)29-13-19(26)22-12-15-5-9-17(28-2)10-6-15/h3-10H,11-13,21H2,1-2H3,(H,22,26). The first-order valence-corrected chi connectivity index (χ1v) is 9.92. The molecule has 0 aliphatic rings. The van der Waals surface area contributed by atoms with Crippen molar-refractivity contribution in [3.8, 4) is 11.5 Å². The topological polar surface area (TPSA) is 104 Å². The number of nitrogens with one attached hydrogen (secondary N) is 1. The number of amides is 1. The summed E-state index contributed by atoms with van der Waals surface area (Å²) in [4.78, 5) is 12.1. The number of nitrogen functional groups attached to an aromatic ring is 1. The lowest BCUT2D eigenvalue weighted by Crippen LogP contribution is -2.25. The highest BCUT2D eigenvalue weighted by atomic mass is 32.2. The number of nitrogens with two attached hydrogens (primary N) is 1. The molecule has 3 aromatic rings. The first kappa shape index (κ1) is 20.5. The van der Waals surface area contributed by atoms with Crippen molar-refractivity contribution >= 4 is 17.7 Å². The number of ether oxygens (including phenoxy) is 2. The molecule has 1 heterocycles. The van der Waals surface area contributed by atoms with E-state index in [-0.39, 0.29) is 11.7 Å². The number of methoxy groups -OCH3 is 2. The average Bonchev–Trinajstić information content (AvgIpc) is 3.11. The van der Waals surface area contributed by atoms with Crippen molar-refractivity contribution in [1.29, 1.82) is 0 Å². The third-order valence-corrected chi connectivity index (χ3v) is 5.18. The second-order valence-corrected chi connectivity index (χ2v) is 7.15. The van der Waals surface area contributed by atoms with E-state index in [2.05, 4.69) is 15.5 Å².